The number of amides is 2. The number of carbonyl (C=O) groups excluding carboxylic acids is 2. The van der Waals surface area contributed by atoms with E-state index in [1.54, 1.807) is 11.1 Å². The summed E-state index contributed by atoms with van der Waals surface area (Å²) in [7, 11) is 0. The average Bonchev–Trinajstić information content (AvgIpc) is 3.73. The number of anilines is 1. The van der Waals surface area contributed by atoms with Gasteiger partial charge in [-0.2, -0.15) is 0 Å². The highest BCUT2D eigenvalue weighted by molar-refractivity contribution is 5.77. The normalized spacial score (nSPS) is 38.2. The van der Waals surface area contributed by atoms with Crippen molar-refractivity contribution < 1.29 is 9.59 Å². The molecule has 0 radical (unpaired) electrons. The molecule has 0 unspecified atom stereocenters. The number of piperidine rings is 2. The minimum Gasteiger partial charge on any atom is -0.384 e. The van der Waals surface area contributed by atoms with Crippen LogP contribution in [-0.2, 0) is 26.8 Å². The molecule has 5 nitrogen and oxygen atoms in total. The first kappa shape index (κ1) is 34.4. The van der Waals surface area contributed by atoms with Crippen molar-refractivity contribution in [2.75, 3.05) is 38.0 Å². The summed E-state index contributed by atoms with van der Waals surface area (Å²) in [6, 6.07) is 17.8. The molecular weight excluding hydrogens is 663 g/mol. The molecular formula is C49H65N3O2. The van der Waals surface area contributed by atoms with Gasteiger partial charge in [0.2, 0.25) is 11.8 Å². The molecule has 8 bridgehead atoms. The maximum atomic E-state index is 13.2. The van der Waals surface area contributed by atoms with E-state index >= 15 is 0 Å². The van der Waals surface area contributed by atoms with Gasteiger partial charge in [-0.15, -0.1) is 0 Å². The first-order valence-corrected chi connectivity index (χ1v) is 22.9. The Bertz CT molecular complexity index is 1560. The van der Waals surface area contributed by atoms with Gasteiger partial charge in [-0.05, 0) is 190 Å². The van der Waals surface area contributed by atoms with Gasteiger partial charge < -0.3 is 15.1 Å². The number of aryl methyl sites for hydroxylation is 1. The van der Waals surface area contributed by atoms with Crippen molar-refractivity contribution in [1.82, 2.24) is 9.80 Å². The monoisotopic (exact) mass is 728 g/mol. The van der Waals surface area contributed by atoms with Gasteiger partial charge in [0.1, 0.15) is 0 Å². The fraction of sp³-hybridized carbons (Fsp3) is 0.714. The van der Waals surface area contributed by atoms with E-state index in [2.05, 4.69) is 63.6 Å². The number of carbonyl (C=O) groups is 2. The molecule has 2 spiro atoms. The second-order valence-electron chi connectivity index (χ2n) is 21.0. The van der Waals surface area contributed by atoms with Crippen molar-refractivity contribution in [2.45, 2.75) is 126 Å². The Labute approximate surface area is 324 Å². The van der Waals surface area contributed by atoms with E-state index in [1.807, 2.05) is 0 Å². The predicted octanol–water partition coefficient (Wildman–Crippen LogP) is 9.39. The molecule has 5 heteroatoms. The number of benzene rings is 2. The minimum absolute atomic E-state index is 0.260. The van der Waals surface area contributed by atoms with Gasteiger partial charge in [0.15, 0.2) is 0 Å². The molecule has 8 saturated carbocycles. The van der Waals surface area contributed by atoms with Gasteiger partial charge in [-0.3, -0.25) is 9.59 Å². The molecule has 54 heavy (non-hydrogen) atoms. The van der Waals surface area contributed by atoms with Crippen LogP contribution in [0.2, 0.25) is 0 Å². The molecule has 2 amide bonds. The predicted molar refractivity (Wildman–Crippen MR) is 215 cm³/mol. The zero-order chi connectivity index (χ0) is 36.0. The summed E-state index contributed by atoms with van der Waals surface area (Å²) in [6.45, 7) is 4.91. The van der Waals surface area contributed by atoms with E-state index in [-0.39, 0.29) is 5.41 Å². The van der Waals surface area contributed by atoms with Gasteiger partial charge in [0.05, 0.1) is 0 Å². The maximum absolute atomic E-state index is 13.2. The lowest BCUT2D eigenvalue weighted by molar-refractivity contribution is -0.138. The summed E-state index contributed by atoms with van der Waals surface area (Å²) in [5.41, 5.74) is 6.58. The third kappa shape index (κ3) is 5.89. The maximum Gasteiger partial charge on any atom is 0.222 e. The number of likely N-dealkylation sites (tertiary alicyclic amines) is 2. The van der Waals surface area contributed by atoms with Crippen LogP contribution in [0.3, 0.4) is 0 Å². The Morgan fingerprint density at radius 2 is 0.981 bits per heavy atom. The molecule has 12 aliphatic rings. The number of hydrogen-bond acceptors (Lipinski definition) is 3. The smallest absolute Gasteiger partial charge is 0.222 e. The first-order valence-electron chi connectivity index (χ1n) is 22.9. The fourth-order valence-corrected chi connectivity index (χ4v) is 16.0. The summed E-state index contributed by atoms with van der Waals surface area (Å²) < 4.78 is 0. The number of para-hydroxylation sites is 1. The molecule has 2 aromatic carbocycles. The van der Waals surface area contributed by atoms with Crippen molar-refractivity contribution in [3.8, 4) is 0 Å². The van der Waals surface area contributed by atoms with Crippen LogP contribution >= 0.6 is 0 Å². The molecule has 9 aliphatic carbocycles. The van der Waals surface area contributed by atoms with Gasteiger partial charge >= 0.3 is 0 Å². The van der Waals surface area contributed by atoms with Gasteiger partial charge in [0, 0.05) is 56.7 Å². The highest BCUT2D eigenvalue weighted by Gasteiger charge is 2.51. The zero-order valence-corrected chi connectivity index (χ0v) is 32.9. The molecule has 2 aromatic rings. The highest BCUT2D eigenvalue weighted by Crippen LogP contribution is 2.59. The molecule has 3 aliphatic heterocycles. The van der Waals surface area contributed by atoms with Crippen LogP contribution in [0.5, 0.6) is 0 Å². The Morgan fingerprint density at radius 3 is 1.50 bits per heavy atom. The van der Waals surface area contributed by atoms with E-state index in [4.69, 9.17) is 0 Å². The lowest BCUT2D eigenvalue weighted by atomic mass is 9.51. The Balaban J connectivity index is 0.000000126. The third-order valence-corrected chi connectivity index (χ3v) is 18.4. The van der Waals surface area contributed by atoms with E-state index in [0.717, 1.165) is 106 Å². The molecule has 3 heterocycles. The van der Waals surface area contributed by atoms with Crippen LogP contribution in [0.4, 0.5) is 5.69 Å². The molecule has 0 atom stereocenters. The summed E-state index contributed by atoms with van der Waals surface area (Å²) in [5, 5.41) is 3.60. The van der Waals surface area contributed by atoms with Gasteiger partial charge in [-0.25, -0.2) is 0 Å². The van der Waals surface area contributed by atoms with E-state index in [0.29, 0.717) is 29.1 Å². The van der Waals surface area contributed by atoms with Crippen LogP contribution in [0.15, 0.2) is 48.5 Å². The molecule has 1 N–H and O–H groups in total. The van der Waals surface area contributed by atoms with Crippen LogP contribution in [0.1, 0.15) is 126 Å². The molecule has 288 valence electrons. The minimum atomic E-state index is 0.260. The second-order valence-corrected chi connectivity index (χ2v) is 21.0. The van der Waals surface area contributed by atoms with Crippen molar-refractivity contribution in [1.29, 1.82) is 0 Å². The van der Waals surface area contributed by atoms with Crippen molar-refractivity contribution in [3.05, 3.63) is 65.2 Å². The van der Waals surface area contributed by atoms with Gasteiger partial charge in [0.25, 0.3) is 0 Å². The first-order chi connectivity index (χ1) is 26.4. The van der Waals surface area contributed by atoms with Crippen LogP contribution in [0.25, 0.3) is 0 Å². The summed E-state index contributed by atoms with van der Waals surface area (Å²) >= 11 is 0. The standard InChI is InChI=1S/C25H33NO.C24H32N2O/c27-24(16-22-20-12-17-11-18(14-20)15-21(22)13-17)26-9-7-25(8-10-26)6-5-19-3-1-2-4-23(19)25;27-23(14-20-18-10-16-9-17(12-18)13-19(20)11-16)26-7-5-24(6-8-26)15-25-22-4-2-1-3-21(22)24/h1-4,17-18,20-22H,5-16H2;1-4,16-20,25H,5-15H2. The Kier molecular flexibility index (Phi) is 8.54. The quantitative estimate of drug-likeness (QED) is 0.342. The number of rotatable bonds is 4. The third-order valence-electron chi connectivity index (χ3n) is 18.4. The van der Waals surface area contributed by atoms with Gasteiger partial charge in [-0.1, -0.05) is 42.5 Å². The summed E-state index contributed by atoms with van der Waals surface area (Å²) in [6.07, 6.45) is 23.3. The Morgan fingerprint density at radius 1 is 0.537 bits per heavy atom. The zero-order valence-electron chi connectivity index (χ0n) is 32.9. The average molecular weight is 728 g/mol. The van der Waals surface area contributed by atoms with Crippen LogP contribution < -0.4 is 5.32 Å². The molecule has 0 aromatic heterocycles. The van der Waals surface area contributed by atoms with Crippen molar-refractivity contribution in [2.24, 2.45) is 59.2 Å². The van der Waals surface area contributed by atoms with E-state index in [9.17, 15) is 9.59 Å². The highest BCUT2D eigenvalue weighted by atomic mass is 16.2. The fourth-order valence-electron chi connectivity index (χ4n) is 16.0. The van der Waals surface area contributed by atoms with Crippen LogP contribution in [0, 0.1) is 59.2 Å². The topological polar surface area (TPSA) is 52.7 Å². The largest absolute Gasteiger partial charge is 0.384 e. The second kappa shape index (κ2) is 13.4. The summed E-state index contributed by atoms with van der Waals surface area (Å²) in [5.74, 6) is 9.88. The molecule has 14 rings (SSSR count). The van der Waals surface area contributed by atoms with Crippen molar-refractivity contribution in [3.63, 3.8) is 0 Å². The summed E-state index contributed by atoms with van der Waals surface area (Å²) in [4.78, 5) is 30.8. The van der Waals surface area contributed by atoms with E-state index in [1.165, 1.54) is 101 Å². The number of fused-ring (bicyclic) bond motifs is 4. The van der Waals surface area contributed by atoms with E-state index < -0.39 is 0 Å². The Hall–Kier alpha value is -2.82. The number of nitrogens with one attached hydrogen (secondary N) is 1. The number of nitrogens with zero attached hydrogens (tertiary/aromatic N) is 2. The number of hydrogen-bond donors (Lipinski definition) is 1. The lowest BCUT2D eigenvalue weighted by Crippen LogP contribution is -2.49. The lowest BCUT2D eigenvalue weighted by Gasteiger charge is -2.54. The molecule has 2 saturated heterocycles. The molecule has 10 fully saturated rings. The van der Waals surface area contributed by atoms with Crippen LogP contribution in [-0.4, -0.2) is 54.3 Å². The van der Waals surface area contributed by atoms with Crippen molar-refractivity contribution >= 4 is 17.5 Å². The SMILES string of the molecule is O=C(CC1C2CC3CC(C2)CC1C3)N1CCC2(CC1)CNc1ccccc12.O=C(CC1C2CC3CC(C2)CC1C3)N1CCC2(CCc3ccccc32)CC1.